The first-order valence-corrected chi connectivity index (χ1v) is 10.6. The van der Waals surface area contributed by atoms with E-state index in [1.165, 1.54) is 19.3 Å². The van der Waals surface area contributed by atoms with E-state index >= 15 is 0 Å². The molecule has 0 saturated heterocycles. The summed E-state index contributed by atoms with van der Waals surface area (Å²) >= 11 is 0. The summed E-state index contributed by atoms with van der Waals surface area (Å²) in [6, 6.07) is 21.5. The highest BCUT2D eigenvalue weighted by Gasteiger charge is 2.17. The molecule has 0 unspecified atom stereocenters. The van der Waals surface area contributed by atoms with E-state index in [2.05, 4.69) is 22.0 Å². The molecule has 1 fully saturated rings. The minimum absolute atomic E-state index is 0.0766. The van der Waals surface area contributed by atoms with Crippen LogP contribution < -0.4 is 16.0 Å². The summed E-state index contributed by atoms with van der Waals surface area (Å²) in [7, 11) is 0. The van der Waals surface area contributed by atoms with Crippen LogP contribution in [0.15, 0.2) is 66.7 Å². The quantitative estimate of drug-likeness (QED) is 0.547. The fraction of sp³-hybridized carbons (Fsp3) is 0.280. The zero-order valence-corrected chi connectivity index (χ0v) is 17.0. The van der Waals surface area contributed by atoms with Crippen molar-refractivity contribution in [2.75, 3.05) is 17.2 Å². The van der Waals surface area contributed by atoms with Crippen molar-refractivity contribution in [3.63, 3.8) is 0 Å². The number of nitrogens with one attached hydrogen (secondary N) is 3. The third-order valence-corrected chi connectivity index (χ3v) is 5.55. The molecule has 4 rings (SSSR count). The molecule has 1 aliphatic carbocycles. The van der Waals surface area contributed by atoms with Crippen molar-refractivity contribution in [2.24, 2.45) is 0 Å². The second-order valence-electron chi connectivity index (χ2n) is 7.85. The molecule has 5 heteroatoms. The number of fused-ring (bicyclic) bond motifs is 1. The van der Waals surface area contributed by atoms with Crippen LogP contribution in [0.25, 0.3) is 10.8 Å². The summed E-state index contributed by atoms with van der Waals surface area (Å²) in [4.78, 5) is 24.9. The topological polar surface area (TPSA) is 70.2 Å². The van der Waals surface area contributed by atoms with Gasteiger partial charge in [-0.05, 0) is 53.9 Å². The highest BCUT2D eigenvalue weighted by Crippen LogP contribution is 2.20. The van der Waals surface area contributed by atoms with Crippen molar-refractivity contribution in [3.8, 4) is 0 Å². The lowest BCUT2D eigenvalue weighted by molar-refractivity contribution is -0.114. The van der Waals surface area contributed by atoms with E-state index in [1.807, 2.05) is 36.4 Å². The molecule has 2 amide bonds. The van der Waals surface area contributed by atoms with Crippen LogP contribution in [0.5, 0.6) is 0 Å². The third kappa shape index (κ3) is 5.17. The number of amides is 2. The molecular formula is C25H27N3O2. The van der Waals surface area contributed by atoms with Gasteiger partial charge in [-0.1, -0.05) is 55.7 Å². The van der Waals surface area contributed by atoms with Crippen LogP contribution in [0.2, 0.25) is 0 Å². The van der Waals surface area contributed by atoms with Crippen LogP contribution >= 0.6 is 0 Å². The predicted molar refractivity (Wildman–Crippen MR) is 122 cm³/mol. The lowest BCUT2D eigenvalue weighted by atomic mass is 9.95. The molecule has 1 aliphatic rings. The molecule has 0 atom stereocenters. The molecule has 30 heavy (non-hydrogen) atoms. The number of anilines is 2. The van der Waals surface area contributed by atoms with Gasteiger partial charge in [0.2, 0.25) is 5.91 Å². The van der Waals surface area contributed by atoms with Gasteiger partial charge in [-0.15, -0.1) is 0 Å². The molecule has 3 N–H and O–H groups in total. The minimum atomic E-state index is -0.159. The maximum absolute atomic E-state index is 12.5. The van der Waals surface area contributed by atoms with Crippen molar-refractivity contribution >= 4 is 34.0 Å². The van der Waals surface area contributed by atoms with Crippen molar-refractivity contribution in [1.29, 1.82) is 0 Å². The van der Waals surface area contributed by atoms with Crippen molar-refractivity contribution in [3.05, 3.63) is 72.3 Å². The molecule has 0 aromatic heterocycles. The first kappa shape index (κ1) is 20.0. The molecule has 1 saturated carbocycles. The van der Waals surface area contributed by atoms with Gasteiger partial charge in [-0.3, -0.25) is 9.59 Å². The fourth-order valence-corrected chi connectivity index (χ4v) is 3.94. The Bertz CT molecular complexity index is 1040. The zero-order valence-electron chi connectivity index (χ0n) is 17.0. The van der Waals surface area contributed by atoms with Gasteiger partial charge in [-0.2, -0.15) is 0 Å². The van der Waals surface area contributed by atoms with E-state index < -0.39 is 0 Å². The van der Waals surface area contributed by atoms with Gasteiger partial charge in [-0.25, -0.2) is 0 Å². The van der Waals surface area contributed by atoms with E-state index in [-0.39, 0.29) is 24.4 Å². The average molecular weight is 402 g/mol. The summed E-state index contributed by atoms with van der Waals surface area (Å²) in [6.07, 6.45) is 5.68. The smallest absolute Gasteiger partial charge is 0.251 e. The first-order valence-electron chi connectivity index (χ1n) is 10.6. The summed E-state index contributed by atoms with van der Waals surface area (Å²) < 4.78 is 0. The lowest BCUT2D eigenvalue weighted by Crippen LogP contribution is -2.36. The van der Waals surface area contributed by atoms with E-state index in [1.54, 1.807) is 24.3 Å². The highest BCUT2D eigenvalue weighted by molar-refractivity contribution is 5.98. The normalized spacial score (nSPS) is 14.3. The maximum Gasteiger partial charge on any atom is 0.251 e. The number of hydrogen-bond acceptors (Lipinski definition) is 3. The van der Waals surface area contributed by atoms with E-state index in [4.69, 9.17) is 0 Å². The standard InChI is InChI=1S/C25H27N3O2/c29-24(17-26-22-14-13-18-7-4-5-8-19(18)15-22)27-23-12-6-9-20(16-23)25(30)28-21-10-2-1-3-11-21/h4-9,12-16,21,26H,1-3,10-11,17H2,(H,27,29)(H,28,30). The highest BCUT2D eigenvalue weighted by atomic mass is 16.2. The number of benzene rings is 3. The van der Waals surface area contributed by atoms with Crippen LogP contribution in [0.4, 0.5) is 11.4 Å². The molecular weight excluding hydrogens is 374 g/mol. The number of hydrogen-bond donors (Lipinski definition) is 3. The van der Waals surface area contributed by atoms with Crippen LogP contribution in [0, 0.1) is 0 Å². The summed E-state index contributed by atoms with van der Waals surface area (Å²) in [6.45, 7) is 0.150. The second kappa shape index (κ2) is 9.44. The largest absolute Gasteiger partial charge is 0.376 e. The summed E-state index contributed by atoms with van der Waals surface area (Å²) in [5, 5.41) is 11.4. The van der Waals surface area contributed by atoms with E-state index in [0.29, 0.717) is 11.3 Å². The maximum atomic E-state index is 12.5. The molecule has 0 radical (unpaired) electrons. The van der Waals surface area contributed by atoms with Crippen molar-refractivity contribution in [2.45, 2.75) is 38.1 Å². The van der Waals surface area contributed by atoms with Crippen LogP contribution in [-0.4, -0.2) is 24.4 Å². The van der Waals surface area contributed by atoms with E-state index in [0.717, 1.165) is 29.3 Å². The molecule has 3 aromatic carbocycles. The number of carbonyl (C=O) groups is 2. The molecule has 0 heterocycles. The Morgan fingerprint density at radius 1 is 0.800 bits per heavy atom. The Labute approximate surface area is 176 Å². The number of rotatable bonds is 6. The molecule has 154 valence electrons. The van der Waals surface area contributed by atoms with Gasteiger partial charge in [0.25, 0.3) is 5.91 Å². The van der Waals surface area contributed by atoms with Crippen LogP contribution in [0.1, 0.15) is 42.5 Å². The van der Waals surface area contributed by atoms with Gasteiger partial charge in [0.05, 0.1) is 6.54 Å². The van der Waals surface area contributed by atoms with Gasteiger partial charge in [0.15, 0.2) is 0 Å². The molecule has 3 aromatic rings. The predicted octanol–water partition coefficient (Wildman–Crippen LogP) is 4.95. The summed E-state index contributed by atoms with van der Waals surface area (Å²) in [5.41, 5.74) is 2.09. The van der Waals surface area contributed by atoms with Gasteiger partial charge >= 0.3 is 0 Å². The Morgan fingerprint density at radius 3 is 2.43 bits per heavy atom. The van der Waals surface area contributed by atoms with Crippen molar-refractivity contribution < 1.29 is 9.59 Å². The van der Waals surface area contributed by atoms with E-state index in [9.17, 15) is 9.59 Å². The molecule has 0 bridgehead atoms. The minimum Gasteiger partial charge on any atom is -0.376 e. The fourth-order valence-electron chi connectivity index (χ4n) is 3.94. The van der Waals surface area contributed by atoms with Crippen molar-refractivity contribution in [1.82, 2.24) is 5.32 Å². The molecule has 0 spiro atoms. The Balaban J connectivity index is 1.32. The third-order valence-electron chi connectivity index (χ3n) is 5.55. The van der Waals surface area contributed by atoms with Gasteiger partial charge < -0.3 is 16.0 Å². The van der Waals surface area contributed by atoms with Crippen LogP contribution in [-0.2, 0) is 4.79 Å². The Hall–Kier alpha value is -3.34. The molecule has 5 nitrogen and oxygen atoms in total. The lowest BCUT2D eigenvalue weighted by Gasteiger charge is -2.22. The Morgan fingerprint density at radius 2 is 1.60 bits per heavy atom. The van der Waals surface area contributed by atoms with Gasteiger partial charge in [0.1, 0.15) is 0 Å². The molecule has 0 aliphatic heterocycles. The van der Waals surface area contributed by atoms with Crippen LogP contribution in [0.3, 0.4) is 0 Å². The average Bonchev–Trinajstić information content (AvgIpc) is 2.78. The SMILES string of the molecule is O=C(CNc1ccc2ccccc2c1)Nc1cccc(C(=O)NC2CCCCC2)c1. The first-order chi connectivity index (χ1) is 14.7. The monoisotopic (exact) mass is 401 g/mol. The van der Waals surface area contributed by atoms with Gasteiger partial charge in [0, 0.05) is 23.0 Å². The second-order valence-corrected chi connectivity index (χ2v) is 7.85. The number of carbonyl (C=O) groups excluding carboxylic acids is 2. The summed E-state index contributed by atoms with van der Waals surface area (Å²) in [5.74, 6) is -0.236. The zero-order chi connectivity index (χ0) is 20.8. The Kier molecular flexibility index (Phi) is 6.28.